The van der Waals surface area contributed by atoms with Crippen molar-refractivity contribution in [3.8, 4) is 6.07 Å². The van der Waals surface area contributed by atoms with Gasteiger partial charge in [0.15, 0.2) is 0 Å². The highest BCUT2D eigenvalue weighted by Gasteiger charge is 2.31. The third kappa shape index (κ3) is 2.38. The monoisotopic (exact) mass is 269 g/mol. The van der Waals surface area contributed by atoms with Gasteiger partial charge in [0.25, 0.3) is 0 Å². The molecule has 1 aliphatic carbocycles. The van der Waals surface area contributed by atoms with Crippen LogP contribution in [0.3, 0.4) is 0 Å². The van der Waals surface area contributed by atoms with Crippen molar-refractivity contribution in [3.63, 3.8) is 0 Å². The molecule has 0 atom stereocenters. The summed E-state index contributed by atoms with van der Waals surface area (Å²) in [7, 11) is 0. The van der Waals surface area contributed by atoms with Gasteiger partial charge in [0.1, 0.15) is 6.07 Å². The number of carbonyl (C=O) groups is 1. The molecule has 102 valence electrons. The van der Waals surface area contributed by atoms with Crippen molar-refractivity contribution in [2.24, 2.45) is 0 Å². The van der Waals surface area contributed by atoms with Crippen molar-refractivity contribution < 1.29 is 9.90 Å². The fourth-order valence-electron chi connectivity index (χ4n) is 2.57. The number of hydrogen-bond donors (Lipinski definition) is 1. The Bertz CT molecular complexity index is 695. The van der Waals surface area contributed by atoms with Gasteiger partial charge in [-0.3, -0.25) is 9.69 Å². The van der Waals surface area contributed by atoms with E-state index in [1.165, 1.54) is 0 Å². The molecule has 3 rings (SSSR count). The Morgan fingerprint density at radius 1 is 1.50 bits per heavy atom. The Hall–Kier alpha value is -2.32. The van der Waals surface area contributed by atoms with Crippen LogP contribution in [0.4, 0.5) is 0 Å². The molecular weight excluding hydrogens is 254 g/mol. The first kappa shape index (κ1) is 12.7. The molecule has 5 heteroatoms. The van der Waals surface area contributed by atoms with Crippen LogP contribution < -0.4 is 0 Å². The van der Waals surface area contributed by atoms with Gasteiger partial charge in [-0.1, -0.05) is 6.07 Å². The maximum Gasteiger partial charge on any atom is 0.317 e. The van der Waals surface area contributed by atoms with E-state index in [0.29, 0.717) is 18.2 Å². The zero-order chi connectivity index (χ0) is 14.1. The van der Waals surface area contributed by atoms with E-state index in [1.54, 1.807) is 0 Å². The first-order valence-electron chi connectivity index (χ1n) is 6.63. The van der Waals surface area contributed by atoms with Gasteiger partial charge < -0.3 is 9.51 Å². The molecule has 2 heterocycles. The number of aliphatic carboxylic acids is 1. The summed E-state index contributed by atoms with van der Waals surface area (Å²) >= 11 is 0. The van der Waals surface area contributed by atoms with Gasteiger partial charge in [-0.25, -0.2) is 0 Å². The minimum atomic E-state index is -0.820. The Morgan fingerprint density at radius 3 is 2.95 bits per heavy atom. The number of aromatic nitrogens is 1. The van der Waals surface area contributed by atoms with Crippen LogP contribution >= 0.6 is 0 Å². The highest BCUT2D eigenvalue weighted by Crippen LogP contribution is 2.29. The minimum absolute atomic E-state index is 0.0295. The van der Waals surface area contributed by atoms with Crippen LogP contribution in [-0.2, 0) is 11.3 Å². The lowest BCUT2D eigenvalue weighted by Crippen LogP contribution is -2.31. The molecule has 1 fully saturated rings. The molecule has 1 saturated carbocycles. The Kier molecular flexibility index (Phi) is 3.17. The first-order valence-corrected chi connectivity index (χ1v) is 6.63. The van der Waals surface area contributed by atoms with E-state index in [2.05, 4.69) is 6.07 Å². The highest BCUT2D eigenvalue weighted by atomic mass is 16.4. The summed E-state index contributed by atoms with van der Waals surface area (Å²) < 4.78 is 1.92. The maximum absolute atomic E-state index is 10.9. The molecule has 0 radical (unpaired) electrons. The quantitative estimate of drug-likeness (QED) is 0.899. The second kappa shape index (κ2) is 4.99. The summed E-state index contributed by atoms with van der Waals surface area (Å²) in [6.07, 6.45) is 5.91. The lowest BCUT2D eigenvalue weighted by atomic mass is 10.1. The SMILES string of the molecule is N#Cc1c(CN(CC(=O)O)C2CC2)cn2ccccc12. The normalized spacial score (nSPS) is 14.6. The summed E-state index contributed by atoms with van der Waals surface area (Å²) in [6.45, 7) is 0.545. The summed E-state index contributed by atoms with van der Waals surface area (Å²) in [6, 6.07) is 8.30. The highest BCUT2D eigenvalue weighted by molar-refractivity contribution is 5.69. The van der Waals surface area contributed by atoms with Crippen molar-refractivity contribution in [2.45, 2.75) is 25.4 Å². The molecule has 0 spiro atoms. The van der Waals surface area contributed by atoms with Gasteiger partial charge >= 0.3 is 5.97 Å². The number of carboxylic acid groups (broad SMARTS) is 1. The lowest BCUT2D eigenvalue weighted by molar-refractivity contribution is -0.138. The number of pyridine rings is 1. The predicted octanol–water partition coefficient (Wildman–Crippen LogP) is 1.86. The van der Waals surface area contributed by atoms with Gasteiger partial charge in [0.05, 0.1) is 17.6 Å². The van der Waals surface area contributed by atoms with Gasteiger partial charge in [-0.2, -0.15) is 5.26 Å². The van der Waals surface area contributed by atoms with E-state index < -0.39 is 5.97 Å². The van der Waals surface area contributed by atoms with Gasteiger partial charge in [-0.05, 0) is 25.0 Å². The fraction of sp³-hybridized carbons (Fsp3) is 0.333. The van der Waals surface area contributed by atoms with Crippen LogP contribution in [0.25, 0.3) is 5.52 Å². The molecule has 0 bridgehead atoms. The van der Waals surface area contributed by atoms with Crippen molar-refractivity contribution in [1.29, 1.82) is 5.26 Å². The topological polar surface area (TPSA) is 68.7 Å². The zero-order valence-electron chi connectivity index (χ0n) is 11.0. The number of fused-ring (bicyclic) bond motifs is 1. The predicted molar refractivity (Wildman–Crippen MR) is 73.2 cm³/mol. The summed E-state index contributed by atoms with van der Waals surface area (Å²) in [5, 5.41) is 18.3. The zero-order valence-corrected chi connectivity index (χ0v) is 11.0. The summed E-state index contributed by atoms with van der Waals surface area (Å²) in [4.78, 5) is 12.9. The van der Waals surface area contributed by atoms with Crippen LogP contribution in [0.1, 0.15) is 24.0 Å². The lowest BCUT2D eigenvalue weighted by Gasteiger charge is -2.18. The van der Waals surface area contributed by atoms with E-state index in [4.69, 9.17) is 5.11 Å². The molecule has 2 aromatic heterocycles. The van der Waals surface area contributed by atoms with Crippen LogP contribution in [-0.4, -0.2) is 33.0 Å². The standard InChI is InChI=1S/C15H15N3O2/c16-7-13-11(8-17-6-2-1-3-14(13)17)9-18(10-15(19)20)12-4-5-12/h1-3,6,8,12H,4-5,9-10H2,(H,19,20). The van der Waals surface area contributed by atoms with E-state index >= 15 is 0 Å². The van der Waals surface area contributed by atoms with Gasteiger partial charge in [0.2, 0.25) is 0 Å². The van der Waals surface area contributed by atoms with E-state index in [9.17, 15) is 10.1 Å². The molecule has 20 heavy (non-hydrogen) atoms. The van der Waals surface area contributed by atoms with Gasteiger partial charge in [-0.15, -0.1) is 0 Å². The second-order valence-corrected chi connectivity index (χ2v) is 5.16. The Morgan fingerprint density at radius 2 is 2.30 bits per heavy atom. The number of carboxylic acids is 1. The third-order valence-electron chi connectivity index (χ3n) is 3.65. The first-order chi connectivity index (χ1) is 9.69. The van der Waals surface area contributed by atoms with Crippen LogP contribution in [0.2, 0.25) is 0 Å². The summed E-state index contributed by atoms with van der Waals surface area (Å²) in [5.74, 6) is -0.820. The van der Waals surface area contributed by atoms with Crippen LogP contribution in [0.15, 0.2) is 30.6 Å². The average molecular weight is 269 g/mol. The molecule has 5 nitrogen and oxygen atoms in total. The van der Waals surface area contributed by atoms with E-state index in [-0.39, 0.29) is 6.54 Å². The van der Waals surface area contributed by atoms with Crippen LogP contribution in [0, 0.1) is 11.3 Å². The average Bonchev–Trinajstić information content (AvgIpc) is 3.19. The number of hydrogen-bond acceptors (Lipinski definition) is 3. The minimum Gasteiger partial charge on any atom is -0.480 e. The third-order valence-corrected chi connectivity index (χ3v) is 3.65. The smallest absolute Gasteiger partial charge is 0.317 e. The summed E-state index contributed by atoms with van der Waals surface area (Å²) in [5.41, 5.74) is 2.41. The van der Waals surface area contributed by atoms with E-state index in [1.807, 2.05) is 39.9 Å². The molecule has 1 N–H and O–H groups in total. The number of rotatable bonds is 5. The van der Waals surface area contributed by atoms with E-state index in [0.717, 1.165) is 23.9 Å². The molecule has 0 amide bonds. The van der Waals surface area contributed by atoms with Gasteiger partial charge in [0, 0.05) is 30.5 Å². The fourth-order valence-corrected chi connectivity index (χ4v) is 2.57. The van der Waals surface area contributed by atoms with Crippen molar-refractivity contribution in [2.75, 3.05) is 6.54 Å². The molecule has 0 aliphatic heterocycles. The van der Waals surface area contributed by atoms with Crippen molar-refractivity contribution in [1.82, 2.24) is 9.30 Å². The number of nitrogens with zero attached hydrogens (tertiary/aromatic N) is 3. The molecule has 0 aromatic carbocycles. The molecule has 0 unspecified atom stereocenters. The molecular formula is C15H15N3O2. The number of nitriles is 1. The van der Waals surface area contributed by atoms with Crippen LogP contribution in [0.5, 0.6) is 0 Å². The maximum atomic E-state index is 10.9. The Labute approximate surface area is 116 Å². The molecule has 1 aliphatic rings. The van der Waals surface area contributed by atoms with Crippen molar-refractivity contribution >= 4 is 11.5 Å². The molecule has 2 aromatic rings. The van der Waals surface area contributed by atoms with Crippen molar-refractivity contribution in [3.05, 3.63) is 41.7 Å². The second-order valence-electron chi connectivity index (χ2n) is 5.16. The largest absolute Gasteiger partial charge is 0.480 e. The molecule has 0 saturated heterocycles. The Balaban J connectivity index is 1.93.